The molecular formula is C47H89NO13. The molecule has 4 unspecified atom stereocenters. The molecule has 2 aliphatic heterocycles. The minimum Gasteiger partial charge on any atom is -0.394 e. The summed E-state index contributed by atoms with van der Waals surface area (Å²) in [5.74, 6) is -0.239. The molecule has 2 heterocycles. The summed E-state index contributed by atoms with van der Waals surface area (Å²) >= 11 is 0. The van der Waals surface area contributed by atoms with Crippen molar-refractivity contribution < 1.29 is 64.6 Å². The highest BCUT2D eigenvalue weighted by molar-refractivity contribution is 5.76. The molecule has 2 rings (SSSR count). The lowest BCUT2D eigenvalue weighted by atomic mass is 9.97. The number of unbranched alkanes of at least 4 members (excludes halogenated alkanes) is 24. The van der Waals surface area contributed by atoms with Crippen LogP contribution < -0.4 is 5.32 Å². The summed E-state index contributed by atoms with van der Waals surface area (Å²) in [5.41, 5.74) is 0. The molecule has 0 radical (unpaired) electrons. The van der Waals surface area contributed by atoms with E-state index in [0.717, 1.165) is 38.5 Å². The number of aliphatic hydroxyl groups excluding tert-OH is 8. The highest BCUT2D eigenvalue weighted by atomic mass is 16.7. The molecule has 14 nitrogen and oxygen atoms in total. The second-order valence-electron chi connectivity index (χ2n) is 17.6. The summed E-state index contributed by atoms with van der Waals surface area (Å²) < 4.78 is 22.6. The monoisotopic (exact) mass is 876 g/mol. The van der Waals surface area contributed by atoms with Crippen molar-refractivity contribution >= 4 is 5.91 Å². The first kappa shape index (κ1) is 55.9. The number of hydrogen-bond acceptors (Lipinski definition) is 13. The molecule has 12 atom stereocenters. The highest BCUT2D eigenvalue weighted by Gasteiger charge is 2.51. The minimum absolute atomic E-state index is 0.239. The minimum atomic E-state index is -1.78. The van der Waals surface area contributed by atoms with Crippen LogP contribution in [0.1, 0.15) is 187 Å². The van der Waals surface area contributed by atoms with Gasteiger partial charge in [-0.25, -0.2) is 0 Å². The van der Waals surface area contributed by atoms with E-state index in [1.165, 1.54) is 122 Å². The van der Waals surface area contributed by atoms with Crippen molar-refractivity contribution in [1.82, 2.24) is 5.32 Å². The van der Waals surface area contributed by atoms with E-state index in [0.29, 0.717) is 6.42 Å². The topological polar surface area (TPSA) is 228 Å². The Bertz CT molecular complexity index is 1080. The lowest BCUT2D eigenvalue weighted by Crippen LogP contribution is -2.65. The fourth-order valence-electron chi connectivity index (χ4n) is 8.17. The van der Waals surface area contributed by atoms with Crippen molar-refractivity contribution in [3.63, 3.8) is 0 Å². The van der Waals surface area contributed by atoms with Crippen LogP contribution >= 0.6 is 0 Å². The third-order valence-corrected chi connectivity index (χ3v) is 12.2. The Morgan fingerprint density at radius 2 is 1.02 bits per heavy atom. The van der Waals surface area contributed by atoms with Crippen molar-refractivity contribution in [3.05, 3.63) is 12.2 Å². The molecule has 0 saturated carbocycles. The second-order valence-corrected chi connectivity index (χ2v) is 17.6. The Kier molecular flexibility index (Phi) is 32.1. The Labute approximate surface area is 367 Å². The number of aliphatic hydroxyl groups is 8. The van der Waals surface area contributed by atoms with Gasteiger partial charge < -0.3 is 65.1 Å². The molecular weight excluding hydrogens is 787 g/mol. The van der Waals surface area contributed by atoms with Gasteiger partial charge in [0.1, 0.15) is 48.8 Å². The van der Waals surface area contributed by atoms with Crippen LogP contribution in [0.5, 0.6) is 0 Å². The Morgan fingerprint density at radius 3 is 1.51 bits per heavy atom. The summed E-state index contributed by atoms with van der Waals surface area (Å²) in [6.45, 7) is 2.77. The Hall–Kier alpha value is -1.27. The number of allylic oxidation sites excluding steroid dienone is 1. The SMILES string of the molecule is CCCCCCCCCCC/C=C/[C@@H](O)[C@H](CO[C@@H]1O[C@H](CO)[C@@H](O[C@@H]2O[C@H](CO)[C@H](O)C(O)C2O)C(O)C1O)NC(=O)CCCCCCCCCCCCCCCCCC. The van der Waals surface area contributed by atoms with Gasteiger partial charge in [-0.1, -0.05) is 174 Å². The molecule has 2 saturated heterocycles. The number of carbonyl (C=O) groups excluding carboxylic acids is 1. The van der Waals surface area contributed by atoms with Gasteiger partial charge in [-0.2, -0.15) is 0 Å². The molecule has 360 valence electrons. The van der Waals surface area contributed by atoms with Crippen molar-refractivity contribution in [2.75, 3.05) is 19.8 Å². The number of hydrogen-bond donors (Lipinski definition) is 9. The van der Waals surface area contributed by atoms with Crippen molar-refractivity contribution in [1.29, 1.82) is 0 Å². The Balaban J connectivity index is 1.85. The third kappa shape index (κ3) is 23.0. The normalized spacial score (nSPS) is 28.0. The molecule has 1 amide bonds. The molecule has 0 bridgehead atoms. The van der Waals surface area contributed by atoms with Gasteiger partial charge in [0.15, 0.2) is 12.6 Å². The first-order chi connectivity index (χ1) is 29.6. The molecule has 0 aromatic heterocycles. The maximum Gasteiger partial charge on any atom is 0.220 e. The summed E-state index contributed by atoms with van der Waals surface area (Å²) in [7, 11) is 0. The number of nitrogens with one attached hydrogen (secondary N) is 1. The molecule has 0 aromatic rings. The maximum atomic E-state index is 13.1. The maximum absolute atomic E-state index is 13.1. The van der Waals surface area contributed by atoms with Gasteiger partial charge in [0, 0.05) is 6.42 Å². The number of ether oxygens (including phenoxy) is 4. The van der Waals surface area contributed by atoms with Gasteiger partial charge in [-0.05, 0) is 19.3 Å². The van der Waals surface area contributed by atoms with Gasteiger partial charge in [0.2, 0.25) is 5.91 Å². The summed E-state index contributed by atoms with van der Waals surface area (Å²) in [6, 6.07) is -0.906. The predicted molar refractivity (Wildman–Crippen MR) is 235 cm³/mol. The summed E-state index contributed by atoms with van der Waals surface area (Å²) in [5, 5.41) is 86.5. The second kappa shape index (κ2) is 35.0. The largest absolute Gasteiger partial charge is 0.394 e. The first-order valence-corrected chi connectivity index (χ1v) is 24.4. The van der Waals surface area contributed by atoms with Crippen molar-refractivity contribution in [2.24, 2.45) is 0 Å². The molecule has 2 aliphatic rings. The lowest BCUT2D eigenvalue weighted by Gasteiger charge is -2.46. The van der Waals surface area contributed by atoms with E-state index >= 15 is 0 Å². The molecule has 0 aliphatic carbocycles. The highest BCUT2D eigenvalue weighted by Crippen LogP contribution is 2.30. The molecule has 14 heteroatoms. The Morgan fingerprint density at radius 1 is 0.574 bits per heavy atom. The van der Waals surface area contributed by atoms with Crippen LogP contribution in [0.15, 0.2) is 12.2 Å². The average Bonchev–Trinajstić information content (AvgIpc) is 3.26. The van der Waals surface area contributed by atoms with E-state index < -0.39 is 86.8 Å². The zero-order valence-electron chi connectivity index (χ0n) is 37.9. The molecule has 0 aromatic carbocycles. The van der Waals surface area contributed by atoms with E-state index in [1.807, 2.05) is 6.08 Å². The smallest absolute Gasteiger partial charge is 0.220 e. The zero-order chi connectivity index (χ0) is 44.7. The van der Waals surface area contributed by atoms with E-state index in [4.69, 9.17) is 18.9 Å². The lowest BCUT2D eigenvalue weighted by molar-refractivity contribution is -0.359. The molecule has 61 heavy (non-hydrogen) atoms. The summed E-state index contributed by atoms with van der Waals surface area (Å²) in [4.78, 5) is 13.1. The van der Waals surface area contributed by atoms with Crippen LogP contribution in [0.2, 0.25) is 0 Å². The van der Waals surface area contributed by atoms with E-state index in [9.17, 15) is 45.6 Å². The van der Waals surface area contributed by atoms with Crippen LogP contribution in [-0.4, -0.2) is 140 Å². The van der Waals surface area contributed by atoms with Gasteiger partial charge >= 0.3 is 0 Å². The van der Waals surface area contributed by atoms with Crippen LogP contribution in [0.25, 0.3) is 0 Å². The first-order valence-electron chi connectivity index (χ1n) is 24.4. The van der Waals surface area contributed by atoms with E-state index in [-0.39, 0.29) is 18.9 Å². The zero-order valence-corrected chi connectivity index (χ0v) is 37.9. The van der Waals surface area contributed by atoms with E-state index in [2.05, 4.69) is 19.2 Å². The van der Waals surface area contributed by atoms with Crippen LogP contribution in [0.3, 0.4) is 0 Å². The standard InChI is InChI=1S/C47H89NO13/c1-3-5-7-9-11-13-15-16-17-18-19-21-23-25-27-29-31-39(52)48-35(36(51)30-28-26-24-22-20-14-12-10-8-6-4-2)34-58-46-44(57)42(55)45(38(33-50)60-46)61-47-43(56)41(54)40(53)37(32-49)59-47/h28,30,35-38,40-47,49-51,53-57H,3-27,29,31-34H2,1-2H3,(H,48,52)/b30-28+/t35-,36+,37+,38+,40-,41?,42?,43?,44?,45+,46+,47-/m0/s1. The fourth-order valence-corrected chi connectivity index (χ4v) is 8.17. The van der Waals surface area contributed by atoms with Crippen LogP contribution in [0, 0.1) is 0 Å². The van der Waals surface area contributed by atoms with Gasteiger partial charge in [0.05, 0.1) is 32.0 Å². The molecule has 2 fully saturated rings. The van der Waals surface area contributed by atoms with Crippen molar-refractivity contribution in [2.45, 2.75) is 261 Å². The number of carbonyl (C=O) groups is 1. The van der Waals surface area contributed by atoms with Crippen LogP contribution in [0.4, 0.5) is 0 Å². The predicted octanol–water partition coefficient (Wildman–Crippen LogP) is 5.60. The van der Waals surface area contributed by atoms with E-state index in [1.54, 1.807) is 6.08 Å². The van der Waals surface area contributed by atoms with Crippen LogP contribution in [-0.2, 0) is 23.7 Å². The molecule has 9 N–H and O–H groups in total. The average molecular weight is 876 g/mol. The summed E-state index contributed by atoms with van der Waals surface area (Å²) in [6.07, 6.45) is 18.3. The number of rotatable bonds is 37. The molecule has 0 spiro atoms. The third-order valence-electron chi connectivity index (χ3n) is 12.2. The quantitative estimate of drug-likeness (QED) is 0.0274. The van der Waals surface area contributed by atoms with Gasteiger partial charge in [-0.15, -0.1) is 0 Å². The number of amides is 1. The van der Waals surface area contributed by atoms with Gasteiger partial charge in [-0.3, -0.25) is 4.79 Å². The fraction of sp³-hybridized carbons (Fsp3) is 0.936. The van der Waals surface area contributed by atoms with Crippen molar-refractivity contribution in [3.8, 4) is 0 Å². The van der Waals surface area contributed by atoms with Gasteiger partial charge in [0.25, 0.3) is 0 Å².